The molecule has 1 rings (SSSR count). The van der Waals surface area contributed by atoms with Crippen molar-refractivity contribution in [2.45, 2.75) is 37.9 Å². The Kier molecular flexibility index (Phi) is 8.27. The van der Waals surface area contributed by atoms with E-state index >= 15 is 0 Å². The lowest BCUT2D eigenvalue weighted by Crippen LogP contribution is -2.41. The van der Waals surface area contributed by atoms with Crippen molar-refractivity contribution in [3.8, 4) is 0 Å². The van der Waals surface area contributed by atoms with Crippen LogP contribution in [0.5, 0.6) is 0 Å². The highest BCUT2D eigenvalue weighted by Gasteiger charge is 2.35. The molecule has 0 saturated carbocycles. The van der Waals surface area contributed by atoms with Crippen LogP contribution in [0.1, 0.15) is 26.3 Å². The number of amides is 1. The van der Waals surface area contributed by atoms with Gasteiger partial charge in [-0.25, -0.2) is 8.42 Å². The Morgan fingerprint density at radius 3 is 2.36 bits per heavy atom. The van der Waals surface area contributed by atoms with Gasteiger partial charge in [0.05, 0.1) is 15.5 Å². The Morgan fingerprint density at radius 1 is 1.21 bits per heavy atom. The number of esters is 1. The highest BCUT2D eigenvalue weighted by molar-refractivity contribution is 7.89. The Morgan fingerprint density at radius 2 is 1.82 bits per heavy atom. The maximum Gasteiger partial charge on any atom is 0.417 e. The monoisotopic (exact) mass is 444 g/mol. The number of sulfonamides is 1. The van der Waals surface area contributed by atoms with Crippen molar-refractivity contribution in [2.24, 2.45) is 5.92 Å². The number of ether oxygens (including phenoxy) is 1. The van der Waals surface area contributed by atoms with E-state index in [0.29, 0.717) is 12.6 Å². The third kappa shape index (κ3) is 7.28. The average molecular weight is 445 g/mol. The smallest absolute Gasteiger partial charge is 0.417 e. The number of halogens is 4. The summed E-state index contributed by atoms with van der Waals surface area (Å²) in [6.45, 7) is 4.62. The van der Waals surface area contributed by atoms with Gasteiger partial charge in [-0.1, -0.05) is 25.4 Å². The van der Waals surface area contributed by atoms with Crippen molar-refractivity contribution in [2.75, 3.05) is 13.2 Å². The van der Waals surface area contributed by atoms with Gasteiger partial charge < -0.3 is 10.1 Å². The molecule has 28 heavy (non-hydrogen) atoms. The van der Waals surface area contributed by atoms with Crippen molar-refractivity contribution in [1.29, 1.82) is 0 Å². The fraction of sp³-hybridized carbons (Fsp3) is 0.500. The van der Waals surface area contributed by atoms with Gasteiger partial charge in [0.15, 0.2) is 6.61 Å². The highest BCUT2D eigenvalue weighted by atomic mass is 35.5. The van der Waals surface area contributed by atoms with Crippen molar-refractivity contribution in [3.05, 3.63) is 28.8 Å². The maximum atomic E-state index is 12.9. The van der Waals surface area contributed by atoms with E-state index in [1.54, 1.807) is 0 Å². The zero-order chi connectivity index (χ0) is 21.7. The Balaban J connectivity index is 2.78. The highest BCUT2D eigenvalue weighted by Crippen LogP contribution is 2.35. The third-order valence-corrected chi connectivity index (χ3v) is 5.16. The largest absolute Gasteiger partial charge is 0.454 e. The number of hydrogen-bond donors (Lipinski definition) is 2. The van der Waals surface area contributed by atoms with E-state index in [1.807, 2.05) is 18.6 Å². The molecule has 0 aliphatic carbocycles. The number of hydrogen-bond acceptors (Lipinski definition) is 5. The van der Waals surface area contributed by atoms with E-state index in [2.05, 4.69) is 5.32 Å². The summed E-state index contributed by atoms with van der Waals surface area (Å²) in [6.07, 6.45) is -4.85. The first kappa shape index (κ1) is 24.2. The molecule has 1 aromatic rings. The number of benzene rings is 1. The summed E-state index contributed by atoms with van der Waals surface area (Å²) < 4.78 is 69.7. The SMILES string of the molecule is CC(C)CNC(=O)COC(=O)[C@@H](C)NS(=O)(=O)c1ccc(Cl)c(C(F)(F)F)c1. The molecule has 1 aromatic carbocycles. The molecule has 0 unspecified atom stereocenters. The van der Waals surface area contributed by atoms with Gasteiger partial charge in [-0.3, -0.25) is 9.59 Å². The molecular formula is C16H20ClF3N2O5S. The Labute approximate surface area is 165 Å². The molecule has 7 nitrogen and oxygen atoms in total. The summed E-state index contributed by atoms with van der Waals surface area (Å²) >= 11 is 5.46. The van der Waals surface area contributed by atoms with Gasteiger partial charge in [0, 0.05) is 6.54 Å². The molecule has 0 bridgehead atoms. The second-order valence-corrected chi connectivity index (χ2v) is 8.41. The number of carbonyl (C=O) groups excluding carboxylic acids is 2. The van der Waals surface area contributed by atoms with Gasteiger partial charge in [-0.15, -0.1) is 0 Å². The zero-order valence-corrected chi connectivity index (χ0v) is 16.8. The minimum Gasteiger partial charge on any atom is -0.454 e. The normalized spacial score (nSPS) is 13.3. The van der Waals surface area contributed by atoms with Gasteiger partial charge in [-0.05, 0) is 31.0 Å². The molecule has 0 aromatic heterocycles. The fourth-order valence-corrected chi connectivity index (χ4v) is 3.31. The quantitative estimate of drug-likeness (QED) is 0.599. The third-order valence-electron chi connectivity index (χ3n) is 3.29. The lowest BCUT2D eigenvalue weighted by atomic mass is 10.2. The van der Waals surface area contributed by atoms with Crippen LogP contribution in [-0.2, 0) is 30.5 Å². The summed E-state index contributed by atoms with van der Waals surface area (Å²) in [7, 11) is -4.47. The Bertz CT molecular complexity index is 828. The molecule has 1 atom stereocenters. The lowest BCUT2D eigenvalue weighted by Gasteiger charge is -2.15. The predicted molar refractivity (Wildman–Crippen MR) is 95.0 cm³/mol. The van der Waals surface area contributed by atoms with E-state index in [4.69, 9.17) is 16.3 Å². The van der Waals surface area contributed by atoms with Gasteiger partial charge in [0.25, 0.3) is 5.91 Å². The molecule has 0 aliphatic rings. The van der Waals surface area contributed by atoms with Crippen LogP contribution >= 0.6 is 11.6 Å². The van der Waals surface area contributed by atoms with E-state index in [0.717, 1.165) is 19.1 Å². The lowest BCUT2D eigenvalue weighted by molar-refractivity contribution is -0.149. The number of nitrogens with one attached hydrogen (secondary N) is 2. The molecule has 0 fully saturated rings. The molecule has 0 heterocycles. The van der Waals surface area contributed by atoms with Crippen molar-refractivity contribution >= 4 is 33.5 Å². The van der Waals surface area contributed by atoms with Gasteiger partial charge in [-0.2, -0.15) is 17.9 Å². The number of carbonyl (C=O) groups is 2. The molecule has 0 spiro atoms. The van der Waals surface area contributed by atoms with Crippen molar-refractivity contribution in [1.82, 2.24) is 10.0 Å². The molecule has 0 saturated heterocycles. The Hall–Kier alpha value is -1.85. The molecule has 1 amide bonds. The predicted octanol–water partition coefficient (Wildman–Crippen LogP) is 2.34. The maximum absolute atomic E-state index is 12.9. The van der Waals surface area contributed by atoms with Crippen LogP contribution in [0.2, 0.25) is 5.02 Å². The topological polar surface area (TPSA) is 102 Å². The first-order valence-electron chi connectivity index (χ1n) is 8.06. The summed E-state index contributed by atoms with van der Waals surface area (Å²) in [5.41, 5.74) is -1.32. The number of alkyl halides is 3. The number of rotatable bonds is 8. The van der Waals surface area contributed by atoms with Crippen LogP contribution in [0.3, 0.4) is 0 Å². The minimum atomic E-state index is -4.85. The molecule has 158 valence electrons. The molecule has 2 N–H and O–H groups in total. The van der Waals surface area contributed by atoms with Crippen molar-refractivity contribution in [3.63, 3.8) is 0 Å². The summed E-state index contributed by atoms with van der Waals surface area (Å²) in [5, 5.41) is 1.84. The van der Waals surface area contributed by atoms with Gasteiger partial charge in [0.1, 0.15) is 6.04 Å². The summed E-state index contributed by atoms with van der Waals surface area (Å²) in [6, 6.07) is 0.591. The van der Waals surface area contributed by atoms with E-state index in [9.17, 15) is 31.2 Å². The molecule has 0 aliphatic heterocycles. The molecular weight excluding hydrogens is 425 g/mol. The molecule has 0 radical (unpaired) electrons. The summed E-state index contributed by atoms with van der Waals surface area (Å²) in [5.74, 6) is -1.44. The van der Waals surface area contributed by atoms with Crippen LogP contribution in [0.4, 0.5) is 13.2 Å². The first-order chi connectivity index (χ1) is 12.7. The van der Waals surface area contributed by atoms with Crippen LogP contribution in [0, 0.1) is 5.92 Å². The molecule has 12 heteroatoms. The van der Waals surface area contributed by atoms with E-state index in [1.165, 1.54) is 0 Å². The summed E-state index contributed by atoms with van der Waals surface area (Å²) in [4.78, 5) is 22.6. The first-order valence-corrected chi connectivity index (χ1v) is 9.92. The van der Waals surface area contributed by atoms with Crippen LogP contribution in [0.25, 0.3) is 0 Å². The second-order valence-electron chi connectivity index (χ2n) is 6.29. The minimum absolute atomic E-state index is 0.186. The fourth-order valence-electron chi connectivity index (χ4n) is 1.87. The average Bonchev–Trinajstić information content (AvgIpc) is 2.56. The van der Waals surface area contributed by atoms with Crippen LogP contribution in [0.15, 0.2) is 23.1 Å². The van der Waals surface area contributed by atoms with E-state index in [-0.39, 0.29) is 5.92 Å². The van der Waals surface area contributed by atoms with Crippen molar-refractivity contribution < 1.29 is 35.9 Å². The zero-order valence-electron chi connectivity index (χ0n) is 15.3. The van der Waals surface area contributed by atoms with E-state index < -0.39 is 56.2 Å². The standard InChI is InChI=1S/C16H20ClF3N2O5S/c1-9(2)7-21-14(23)8-27-15(24)10(3)22-28(25,26)11-4-5-13(17)12(6-11)16(18,19)20/h4-6,9-10,22H,7-8H2,1-3H3,(H,21,23)/t10-/m1/s1. The van der Waals surface area contributed by atoms with Gasteiger partial charge >= 0.3 is 12.1 Å². The van der Waals surface area contributed by atoms with Crippen LogP contribution < -0.4 is 10.0 Å². The second kappa shape index (κ2) is 9.57. The van der Waals surface area contributed by atoms with Gasteiger partial charge in [0.2, 0.25) is 10.0 Å². The van der Waals surface area contributed by atoms with Crippen LogP contribution in [-0.4, -0.2) is 39.5 Å².